The van der Waals surface area contributed by atoms with Gasteiger partial charge in [0.05, 0.1) is 22.1 Å². The zero-order valence-corrected chi connectivity index (χ0v) is 41.3. The summed E-state index contributed by atoms with van der Waals surface area (Å²) < 4.78 is 2.52. The first-order valence-electron chi connectivity index (χ1n) is 25.9. The Kier molecular flexibility index (Phi) is 10.8. The molecular weight excluding hydrogens is 905 g/mol. The van der Waals surface area contributed by atoms with Crippen LogP contribution >= 0.6 is 0 Å². The zero-order valence-electron chi connectivity index (χ0n) is 41.3. The molecule has 1 aromatic heterocycles. The molecule has 2 nitrogen and oxygen atoms in total. The molecule has 0 atom stereocenters. The maximum atomic E-state index is 2.52. The van der Waals surface area contributed by atoms with Crippen LogP contribution in [0.5, 0.6) is 0 Å². The molecule has 13 aromatic rings. The number of hydrogen-bond acceptors (Lipinski definition) is 1. The Labute approximate surface area is 438 Å². The fourth-order valence-electron chi connectivity index (χ4n) is 12.1. The molecule has 352 valence electrons. The Balaban J connectivity index is 0.885. The standard InChI is InChI=1S/C73H50N2/c1-5-20-51(21-6-1)53-38-43-61(44-39-53)74(62-45-40-54(41-46-62)52-22-7-2-8-23-52)63-31-18-26-57(49-63)55-24-17-25-56(48-55)58-42-47-65-64-32-14-16-36-69(64)75(71(65)50-58)70-37-19-35-68-72(70)66-33-13-15-34-67(66)73(68,59-27-9-3-10-28-59)60-29-11-4-12-30-60/h1-50H. The Morgan fingerprint density at radius 1 is 0.267 bits per heavy atom. The van der Waals surface area contributed by atoms with Crippen molar-refractivity contribution >= 4 is 38.9 Å². The first-order chi connectivity index (χ1) is 37.2. The minimum Gasteiger partial charge on any atom is -0.310 e. The summed E-state index contributed by atoms with van der Waals surface area (Å²) in [4.78, 5) is 2.37. The van der Waals surface area contributed by atoms with E-state index in [1.165, 1.54) is 88.7 Å². The van der Waals surface area contributed by atoms with Gasteiger partial charge in [-0.25, -0.2) is 0 Å². The highest BCUT2D eigenvalue weighted by molar-refractivity contribution is 6.11. The van der Waals surface area contributed by atoms with Gasteiger partial charge in [0.25, 0.3) is 0 Å². The van der Waals surface area contributed by atoms with Gasteiger partial charge in [-0.05, 0) is 133 Å². The van der Waals surface area contributed by atoms with Crippen LogP contribution in [0.1, 0.15) is 22.3 Å². The highest BCUT2D eigenvalue weighted by Gasteiger charge is 2.47. The monoisotopic (exact) mass is 954 g/mol. The van der Waals surface area contributed by atoms with Gasteiger partial charge in [0.1, 0.15) is 0 Å². The van der Waals surface area contributed by atoms with E-state index < -0.39 is 5.41 Å². The van der Waals surface area contributed by atoms with Crippen LogP contribution in [0.3, 0.4) is 0 Å². The number of benzene rings is 12. The number of nitrogens with zero attached hydrogens (tertiary/aromatic N) is 2. The molecule has 0 aliphatic heterocycles. The summed E-state index contributed by atoms with van der Waals surface area (Å²) in [6.45, 7) is 0. The zero-order chi connectivity index (χ0) is 49.7. The molecule has 0 bridgehead atoms. The van der Waals surface area contributed by atoms with Crippen LogP contribution in [-0.4, -0.2) is 4.57 Å². The minimum absolute atomic E-state index is 0.497. The van der Waals surface area contributed by atoms with Crippen molar-refractivity contribution in [3.05, 3.63) is 326 Å². The van der Waals surface area contributed by atoms with Gasteiger partial charge in [-0.1, -0.05) is 243 Å². The van der Waals surface area contributed by atoms with E-state index in [2.05, 4.69) is 313 Å². The Bertz CT molecular complexity index is 4070. The molecular formula is C73H50N2. The molecule has 12 aromatic carbocycles. The average molecular weight is 955 g/mol. The van der Waals surface area contributed by atoms with Crippen molar-refractivity contribution in [1.29, 1.82) is 0 Å². The molecule has 0 saturated heterocycles. The second-order valence-corrected chi connectivity index (χ2v) is 19.6. The van der Waals surface area contributed by atoms with E-state index in [0.717, 1.165) is 33.8 Å². The van der Waals surface area contributed by atoms with Crippen LogP contribution in [-0.2, 0) is 5.41 Å². The topological polar surface area (TPSA) is 8.17 Å². The van der Waals surface area contributed by atoms with E-state index in [4.69, 9.17) is 0 Å². The lowest BCUT2D eigenvalue weighted by Crippen LogP contribution is -2.28. The second-order valence-electron chi connectivity index (χ2n) is 19.6. The molecule has 0 radical (unpaired) electrons. The van der Waals surface area contributed by atoms with E-state index in [9.17, 15) is 0 Å². The van der Waals surface area contributed by atoms with E-state index in [1.807, 2.05) is 0 Å². The summed E-state index contributed by atoms with van der Waals surface area (Å²) in [5.41, 5.74) is 23.4. The van der Waals surface area contributed by atoms with Crippen molar-refractivity contribution in [1.82, 2.24) is 4.57 Å². The quantitative estimate of drug-likeness (QED) is 0.133. The number of rotatable bonds is 10. The van der Waals surface area contributed by atoms with Gasteiger partial charge >= 0.3 is 0 Å². The molecule has 1 aliphatic carbocycles. The van der Waals surface area contributed by atoms with E-state index in [1.54, 1.807) is 0 Å². The van der Waals surface area contributed by atoms with Crippen molar-refractivity contribution in [3.8, 4) is 61.3 Å². The average Bonchev–Trinajstić information content (AvgIpc) is 4.11. The summed E-state index contributed by atoms with van der Waals surface area (Å²) in [5.74, 6) is 0. The van der Waals surface area contributed by atoms with Crippen LogP contribution in [0.15, 0.2) is 303 Å². The smallest absolute Gasteiger partial charge is 0.0714 e. The molecule has 1 aliphatic rings. The Hall–Kier alpha value is -9.76. The summed E-state index contributed by atoms with van der Waals surface area (Å²) in [6, 6.07) is 111. The fraction of sp³-hybridized carbons (Fsp3) is 0.0137. The van der Waals surface area contributed by atoms with Gasteiger partial charge in [0, 0.05) is 33.4 Å². The number of fused-ring (bicyclic) bond motifs is 6. The van der Waals surface area contributed by atoms with Crippen LogP contribution in [0.25, 0.3) is 83.1 Å². The predicted molar refractivity (Wildman–Crippen MR) is 315 cm³/mol. The van der Waals surface area contributed by atoms with Crippen LogP contribution in [0.2, 0.25) is 0 Å². The molecule has 0 N–H and O–H groups in total. The van der Waals surface area contributed by atoms with Crippen LogP contribution < -0.4 is 4.90 Å². The molecule has 0 fully saturated rings. The molecule has 0 spiro atoms. The number of anilines is 3. The highest BCUT2D eigenvalue weighted by atomic mass is 15.1. The minimum atomic E-state index is -0.497. The molecule has 75 heavy (non-hydrogen) atoms. The largest absolute Gasteiger partial charge is 0.310 e. The van der Waals surface area contributed by atoms with E-state index in [0.29, 0.717) is 0 Å². The maximum Gasteiger partial charge on any atom is 0.0714 e. The second kappa shape index (κ2) is 18.4. The SMILES string of the molecule is c1ccc(-c2ccc(N(c3ccc(-c4ccccc4)cc3)c3cccc(-c4cccc(-c5ccc6c7ccccc7n(-c7cccc8c7-c7ccccc7C8(c7ccccc7)c7ccccc7)c6c5)c4)c3)cc2)cc1. The lowest BCUT2D eigenvalue weighted by Gasteiger charge is -2.34. The lowest BCUT2D eigenvalue weighted by molar-refractivity contribution is 0.768. The summed E-state index contributed by atoms with van der Waals surface area (Å²) in [5, 5.41) is 2.47. The predicted octanol–water partition coefficient (Wildman–Crippen LogP) is 19.3. The van der Waals surface area contributed by atoms with Gasteiger partial charge in [-0.15, -0.1) is 0 Å². The molecule has 0 saturated carbocycles. The van der Waals surface area contributed by atoms with E-state index >= 15 is 0 Å². The molecule has 1 heterocycles. The van der Waals surface area contributed by atoms with Crippen molar-refractivity contribution in [2.45, 2.75) is 5.41 Å². The van der Waals surface area contributed by atoms with Gasteiger partial charge in [-0.2, -0.15) is 0 Å². The van der Waals surface area contributed by atoms with Gasteiger partial charge < -0.3 is 9.47 Å². The van der Waals surface area contributed by atoms with E-state index in [-0.39, 0.29) is 0 Å². The lowest BCUT2D eigenvalue weighted by atomic mass is 9.68. The van der Waals surface area contributed by atoms with Gasteiger partial charge in [-0.3, -0.25) is 0 Å². The third kappa shape index (κ3) is 7.41. The Morgan fingerprint density at radius 3 is 1.33 bits per heavy atom. The number of hydrogen-bond donors (Lipinski definition) is 0. The molecule has 0 unspecified atom stereocenters. The third-order valence-corrected chi connectivity index (χ3v) is 15.5. The van der Waals surface area contributed by atoms with Crippen molar-refractivity contribution in [3.63, 3.8) is 0 Å². The normalized spacial score (nSPS) is 12.4. The number of para-hydroxylation sites is 1. The van der Waals surface area contributed by atoms with Crippen molar-refractivity contribution in [2.24, 2.45) is 0 Å². The molecule has 0 amide bonds. The maximum absolute atomic E-state index is 2.52. The summed E-state index contributed by atoms with van der Waals surface area (Å²) in [7, 11) is 0. The fourth-order valence-corrected chi connectivity index (χ4v) is 12.1. The molecule has 2 heteroatoms. The van der Waals surface area contributed by atoms with Crippen molar-refractivity contribution in [2.75, 3.05) is 4.90 Å². The van der Waals surface area contributed by atoms with Gasteiger partial charge in [0.2, 0.25) is 0 Å². The van der Waals surface area contributed by atoms with Crippen molar-refractivity contribution < 1.29 is 0 Å². The number of aromatic nitrogens is 1. The third-order valence-electron chi connectivity index (χ3n) is 15.5. The first kappa shape index (κ1) is 44.0. The first-order valence-corrected chi connectivity index (χ1v) is 25.9. The highest BCUT2D eigenvalue weighted by Crippen LogP contribution is 2.58. The summed E-state index contributed by atoms with van der Waals surface area (Å²) in [6.07, 6.45) is 0. The Morgan fingerprint density at radius 2 is 0.707 bits per heavy atom. The van der Waals surface area contributed by atoms with Crippen LogP contribution in [0, 0.1) is 0 Å². The van der Waals surface area contributed by atoms with Crippen LogP contribution in [0.4, 0.5) is 17.1 Å². The van der Waals surface area contributed by atoms with Gasteiger partial charge in [0.15, 0.2) is 0 Å². The summed E-state index contributed by atoms with van der Waals surface area (Å²) >= 11 is 0. The molecule has 14 rings (SSSR count).